The number of hydrogen-bond donors (Lipinski definition) is 0. The highest BCUT2D eigenvalue weighted by molar-refractivity contribution is 7.88. The second kappa shape index (κ2) is 6.29. The highest BCUT2D eigenvalue weighted by atomic mass is 32.2. The zero-order valence-corrected chi connectivity index (χ0v) is 12.1. The van der Waals surface area contributed by atoms with Crippen molar-refractivity contribution in [3.63, 3.8) is 0 Å². The maximum atomic E-state index is 12.4. The van der Waals surface area contributed by atoms with E-state index in [1.807, 2.05) is 0 Å². The maximum Gasteiger partial charge on any atom is 0.534 e. The van der Waals surface area contributed by atoms with Crippen LogP contribution in [-0.2, 0) is 10.1 Å². The van der Waals surface area contributed by atoms with E-state index in [0.717, 1.165) is 12.1 Å². The molecule has 0 unspecified atom stereocenters. The van der Waals surface area contributed by atoms with Crippen molar-refractivity contribution in [3.8, 4) is 11.5 Å². The largest absolute Gasteiger partial charge is 0.534 e. The van der Waals surface area contributed by atoms with Crippen molar-refractivity contribution in [2.24, 2.45) is 0 Å². The minimum Gasteiger partial charge on any atom is -0.423 e. The lowest BCUT2D eigenvalue weighted by molar-refractivity contribution is -0.0500. The van der Waals surface area contributed by atoms with E-state index in [4.69, 9.17) is 4.74 Å². The molecule has 0 aromatic heterocycles. The van der Waals surface area contributed by atoms with E-state index in [0.29, 0.717) is 0 Å². The first-order valence-corrected chi connectivity index (χ1v) is 7.48. The summed E-state index contributed by atoms with van der Waals surface area (Å²) >= 11 is 0. The van der Waals surface area contributed by atoms with Gasteiger partial charge in [0.1, 0.15) is 11.3 Å². The quantitative estimate of drug-likeness (QED) is 0.368. The molecule has 0 heterocycles. The van der Waals surface area contributed by atoms with Crippen LogP contribution >= 0.6 is 0 Å². The van der Waals surface area contributed by atoms with Crippen molar-refractivity contribution < 1.29 is 35.3 Å². The van der Waals surface area contributed by atoms with Gasteiger partial charge in [-0.05, 0) is 24.3 Å². The van der Waals surface area contributed by atoms with Gasteiger partial charge in [-0.3, -0.25) is 0 Å². The van der Waals surface area contributed by atoms with Gasteiger partial charge in [-0.25, -0.2) is 4.79 Å². The minimum absolute atomic E-state index is 0.144. The topological polar surface area (TPSA) is 69.7 Å². The summed E-state index contributed by atoms with van der Waals surface area (Å²) in [4.78, 5) is 12.0. The fraction of sp³-hybridized carbons (Fsp3) is 0.0714. The van der Waals surface area contributed by atoms with Gasteiger partial charge in [-0.15, -0.1) is 0 Å². The number of halogens is 3. The molecule has 0 aliphatic heterocycles. The average molecular weight is 346 g/mol. The monoisotopic (exact) mass is 346 g/mol. The van der Waals surface area contributed by atoms with E-state index in [1.165, 1.54) is 24.3 Å². The van der Waals surface area contributed by atoms with Crippen molar-refractivity contribution >= 4 is 16.1 Å². The third kappa shape index (κ3) is 4.01. The summed E-state index contributed by atoms with van der Waals surface area (Å²) in [6.07, 6.45) is 0. The molecule has 5 nitrogen and oxygen atoms in total. The van der Waals surface area contributed by atoms with E-state index in [2.05, 4.69) is 4.18 Å². The summed E-state index contributed by atoms with van der Waals surface area (Å²) in [5.74, 6) is -1.68. The number of alkyl halides is 3. The van der Waals surface area contributed by atoms with E-state index < -0.39 is 32.9 Å². The Balaban J connectivity index is 2.29. The highest BCUT2D eigenvalue weighted by Gasteiger charge is 2.49. The molecule has 0 spiro atoms. The van der Waals surface area contributed by atoms with Gasteiger partial charge in [-0.2, -0.15) is 21.6 Å². The van der Waals surface area contributed by atoms with Crippen molar-refractivity contribution in [3.05, 3.63) is 60.2 Å². The Kier molecular flexibility index (Phi) is 4.60. The summed E-state index contributed by atoms with van der Waals surface area (Å²) in [5, 5.41) is 0. The van der Waals surface area contributed by atoms with Gasteiger partial charge in [0.15, 0.2) is 5.75 Å². The summed E-state index contributed by atoms with van der Waals surface area (Å²) in [5.41, 5.74) is -6.06. The standard InChI is InChI=1S/C14H9F3O5S/c15-14(16,17)23(19,20)22-12-9-5-4-8-11(12)13(18)21-10-6-2-1-3-7-10/h1-9H. The van der Waals surface area contributed by atoms with Gasteiger partial charge in [0.2, 0.25) is 0 Å². The first-order valence-electron chi connectivity index (χ1n) is 6.08. The normalized spacial score (nSPS) is 11.8. The second-order valence-electron chi connectivity index (χ2n) is 4.18. The van der Waals surface area contributed by atoms with Crippen LogP contribution in [0.15, 0.2) is 54.6 Å². The van der Waals surface area contributed by atoms with Crippen LogP contribution in [0.5, 0.6) is 11.5 Å². The first-order chi connectivity index (χ1) is 10.7. The molecule has 0 atom stereocenters. The summed E-state index contributed by atoms with van der Waals surface area (Å²) < 4.78 is 68.2. The second-order valence-corrected chi connectivity index (χ2v) is 5.72. The number of esters is 1. The molecule has 0 saturated heterocycles. The van der Waals surface area contributed by atoms with Gasteiger partial charge in [0.25, 0.3) is 0 Å². The molecule has 2 aromatic carbocycles. The number of para-hydroxylation sites is 2. The molecule has 0 saturated carbocycles. The van der Waals surface area contributed by atoms with Crippen LogP contribution in [0.4, 0.5) is 13.2 Å². The Bertz CT molecular complexity index is 801. The molecule has 0 radical (unpaired) electrons. The van der Waals surface area contributed by atoms with Gasteiger partial charge >= 0.3 is 21.6 Å². The third-order valence-corrected chi connectivity index (χ3v) is 3.51. The van der Waals surface area contributed by atoms with Gasteiger partial charge < -0.3 is 8.92 Å². The van der Waals surface area contributed by atoms with Crippen LogP contribution < -0.4 is 8.92 Å². The number of ether oxygens (including phenoxy) is 1. The molecule has 0 amide bonds. The molecular formula is C14H9F3O5S. The van der Waals surface area contributed by atoms with E-state index in [-0.39, 0.29) is 5.75 Å². The van der Waals surface area contributed by atoms with Gasteiger partial charge in [0.05, 0.1) is 0 Å². The first kappa shape index (κ1) is 16.8. The molecule has 0 bridgehead atoms. The molecule has 122 valence electrons. The maximum absolute atomic E-state index is 12.4. The number of benzene rings is 2. The minimum atomic E-state index is -5.89. The zero-order valence-electron chi connectivity index (χ0n) is 11.3. The van der Waals surface area contributed by atoms with Crippen molar-refractivity contribution in [2.45, 2.75) is 5.51 Å². The van der Waals surface area contributed by atoms with Crippen LogP contribution in [0.2, 0.25) is 0 Å². The molecule has 0 N–H and O–H groups in total. The lowest BCUT2D eigenvalue weighted by Gasteiger charge is -2.12. The smallest absolute Gasteiger partial charge is 0.423 e. The van der Waals surface area contributed by atoms with Crippen molar-refractivity contribution in [2.75, 3.05) is 0 Å². The third-order valence-electron chi connectivity index (χ3n) is 2.54. The van der Waals surface area contributed by atoms with Gasteiger partial charge in [-0.1, -0.05) is 30.3 Å². The molecular weight excluding hydrogens is 337 g/mol. The summed E-state index contributed by atoms with van der Waals surface area (Å²) in [7, 11) is -5.89. The Hall–Kier alpha value is -2.55. The Morgan fingerprint density at radius 1 is 0.913 bits per heavy atom. The van der Waals surface area contributed by atoms with Crippen LogP contribution in [0, 0.1) is 0 Å². The van der Waals surface area contributed by atoms with Crippen LogP contribution in [-0.4, -0.2) is 19.9 Å². The van der Waals surface area contributed by atoms with E-state index in [9.17, 15) is 26.4 Å². The van der Waals surface area contributed by atoms with Crippen molar-refractivity contribution in [1.82, 2.24) is 0 Å². The zero-order chi connectivity index (χ0) is 17.1. The summed E-state index contributed by atoms with van der Waals surface area (Å²) in [6, 6.07) is 12.3. The molecule has 2 aromatic rings. The number of carbonyl (C=O) groups excluding carboxylic acids is 1. The van der Waals surface area contributed by atoms with Crippen LogP contribution in [0.25, 0.3) is 0 Å². The van der Waals surface area contributed by atoms with Crippen LogP contribution in [0.1, 0.15) is 10.4 Å². The van der Waals surface area contributed by atoms with Crippen LogP contribution in [0.3, 0.4) is 0 Å². The predicted octanol–water partition coefficient (Wildman–Crippen LogP) is 3.13. The van der Waals surface area contributed by atoms with E-state index in [1.54, 1.807) is 18.2 Å². The fourth-order valence-corrected chi connectivity index (χ4v) is 2.00. The Labute approximate surface area is 129 Å². The molecule has 0 aliphatic carbocycles. The number of rotatable bonds is 4. The number of hydrogen-bond acceptors (Lipinski definition) is 5. The average Bonchev–Trinajstić information content (AvgIpc) is 2.47. The molecule has 2 rings (SSSR count). The number of carbonyl (C=O) groups is 1. The highest BCUT2D eigenvalue weighted by Crippen LogP contribution is 2.29. The lowest BCUT2D eigenvalue weighted by Crippen LogP contribution is -2.28. The molecule has 0 fully saturated rings. The Morgan fingerprint density at radius 3 is 2.09 bits per heavy atom. The molecule has 0 aliphatic rings. The molecule has 9 heteroatoms. The van der Waals surface area contributed by atoms with E-state index >= 15 is 0 Å². The van der Waals surface area contributed by atoms with Gasteiger partial charge in [0, 0.05) is 0 Å². The Morgan fingerprint density at radius 2 is 1.48 bits per heavy atom. The molecule has 23 heavy (non-hydrogen) atoms. The fourth-order valence-electron chi connectivity index (χ4n) is 1.52. The SMILES string of the molecule is O=C(Oc1ccccc1)c1ccccc1OS(=O)(=O)C(F)(F)F. The summed E-state index contributed by atoms with van der Waals surface area (Å²) in [6.45, 7) is 0. The predicted molar refractivity (Wildman–Crippen MR) is 73.4 cm³/mol. The van der Waals surface area contributed by atoms with Crippen molar-refractivity contribution in [1.29, 1.82) is 0 Å². The lowest BCUT2D eigenvalue weighted by atomic mass is 10.2.